The van der Waals surface area contributed by atoms with Crippen LogP contribution in [0.3, 0.4) is 0 Å². The molecule has 1 heterocycles. The summed E-state index contributed by atoms with van der Waals surface area (Å²) in [5.41, 5.74) is 6.98. The highest BCUT2D eigenvalue weighted by molar-refractivity contribution is 5.73. The summed E-state index contributed by atoms with van der Waals surface area (Å²) in [6.07, 6.45) is 0.756. The summed E-state index contributed by atoms with van der Waals surface area (Å²) in [5.74, 6) is -0.0227. The van der Waals surface area contributed by atoms with Gasteiger partial charge in [-0.25, -0.2) is 4.39 Å². The standard InChI is InChI=1S/C14H19FN2O2/c1-9(18)17-6-5-11(13(16)8-17)10-3-4-14(19-2)12(15)7-10/h3-4,7,11,13H,5-6,8,16H2,1-2H3. The Kier molecular flexibility index (Phi) is 4.04. The zero-order valence-corrected chi connectivity index (χ0v) is 11.2. The Balaban J connectivity index is 2.15. The Morgan fingerprint density at radius 1 is 1.53 bits per heavy atom. The second-order valence-corrected chi connectivity index (χ2v) is 4.92. The van der Waals surface area contributed by atoms with Gasteiger partial charge in [0.2, 0.25) is 5.91 Å². The molecular weight excluding hydrogens is 247 g/mol. The van der Waals surface area contributed by atoms with Crippen molar-refractivity contribution in [2.45, 2.75) is 25.3 Å². The molecule has 0 bridgehead atoms. The average Bonchev–Trinajstić information content (AvgIpc) is 2.38. The molecule has 1 aromatic rings. The van der Waals surface area contributed by atoms with E-state index in [1.165, 1.54) is 13.2 Å². The molecule has 19 heavy (non-hydrogen) atoms. The van der Waals surface area contributed by atoms with E-state index in [9.17, 15) is 9.18 Å². The summed E-state index contributed by atoms with van der Waals surface area (Å²) in [6.45, 7) is 2.73. The van der Waals surface area contributed by atoms with Gasteiger partial charge in [0, 0.05) is 32.0 Å². The summed E-state index contributed by atoms with van der Waals surface area (Å²) >= 11 is 0. The van der Waals surface area contributed by atoms with Crippen LogP contribution in [0.2, 0.25) is 0 Å². The molecule has 1 fully saturated rings. The van der Waals surface area contributed by atoms with Gasteiger partial charge < -0.3 is 15.4 Å². The average molecular weight is 266 g/mol. The van der Waals surface area contributed by atoms with Crippen molar-refractivity contribution in [3.05, 3.63) is 29.6 Å². The number of carbonyl (C=O) groups excluding carboxylic acids is 1. The number of nitrogens with two attached hydrogens (primary N) is 1. The number of nitrogens with zero attached hydrogens (tertiary/aromatic N) is 1. The van der Waals surface area contributed by atoms with Gasteiger partial charge >= 0.3 is 0 Å². The molecule has 1 aliphatic rings. The van der Waals surface area contributed by atoms with Crippen LogP contribution in [0.15, 0.2) is 18.2 Å². The van der Waals surface area contributed by atoms with Crippen molar-refractivity contribution < 1.29 is 13.9 Å². The van der Waals surface area contributed by atoms with E-state index in [1.54, 1.807) is 17.9 Å². The van der Waals surface area contributed by atoms with Gasteiger partial charge in [0.05, 0.1) is 7.11 Å². The topological polar surface area (TPSA) is 55.6 Å². The number of amides is 1. The van der Waals surface area contributed by atoms with E-state index in [-0.39, 0.29) is 29.4 Å². The maximum absolute atomic E-state index is 13.7. The van der Waals surface area contributed by atoms with Crippen molar-refractivity contribution in [3.63, 3.8) is 0 Å². The Morgan fingerprint density at radius 2 is 2.26 bits per heavy atom. The molecule has 0 spiro atoms. The van der Waals surface area contributed by atoms with Crippen LogP contribution in [0.4, 0.5) is 4.39 Å². The fourth-order valence-corrected chi connectivity index (χ4v) is 2.60. The number of methoxy groups -OCH3 is 1. The predicted octanol–water partition coefficient (Wildman–Crippen LogP) is 1.50. The van der Waals surface area contributed by atoms with Crippen LogP contribution in [0, 0.1) is 5.82 Å². The molecule has 1 saturated heterocycles. The van der Waals surface area contributed by atoms with Crippen LogP contribution in [-0.2, 0) is 4.79 Å². The molecule has 1 amide bonds. The van der Waals surface area contributed by atoms with Crippen LogP contribution < -0.4 is 10.5 Å². The first-order chi connectivity index (χ1) is 9.02. The molecule has 0 radical (unpaired) electrons. The monoisotopic (exact) mass is 266 g/mol. The second-order valence-electron chi connectivity index (χ2n) is 4.92. The molecule has 2 atom stereocenters. The van der Waals surface area contributed by atoms with Gasteiger partial charge in [0.25, 0.3) is 0 Å². The quantitative estimate of drug-likeness (QED) is 0.882. The number of halogens is 1. The fourth-order valence-electron chi connectivity index (χ4n) is 2.60. The lowest BCUT2D eigenvalue weighted by Crippen LogP contribution is -2.48. The number of carbonyl (C=O) groups is 1. The predicted molar refractivity (Wildman–Crippen MR) is 70.5 cm³/mol. The van der Waals surface area contributed by atoms with Crippen LogP contribution in [0.1, 0.15) is 24.8 Å². The lowest BCUT2D eigenvalue weighted by atomic mass is 9.85. The maximum atomic E-state index is 13.7. The highest BCUT2D eigenvalue weighted by Gasteiger charge is 2.29. The first-order valence-electron chi connectivity index (χ1n) is 6.37. The van der Waals surface area contributed by atoms with E-state index in [1.807, 2.05) is 6.07 Å². The van der Waals surface area contributed by atoms with Gasteiger partial charge in [-0.15, -0.1) is 0 Å². The highest BCUT2D eigenvalue weighted by Crippen LogP contribution is 2.30. The van der Waals surface area contributed by atoms with Gasteiger partial charge in [-0.1, -0.05) is 6.07 Å². The number of hydrogen-bond acceptors (Lipinski definition) is 3. The van der Waals surface area contributed by atoms with E-state index in [0.29, 0.717) is 13.1 Å². The molecule has 0 aromatic heterocycles. The lowest BCUT2D eigenvalue weighted by molar-refractivity contribution is -0.130. The maximum Gasteiger partial charge on any atom is 0.219 e. The largest absolute Gasteiger partial charge is 0.494 e. The summed E-state index contributed by atoms with van der Waals surface area (Å²) in [5, 5.41) is 0. The molecule has 0 aliphatic carbocycles. The number of piperidine rings is 1. The third kappa shape index (κ3) is 2.87. The van der Waals surface area contributed by atoms with Gasteiger partial charge in [-0.2, -0.15) is 0 Å². The fraction of sp³-hybridized carbons (Fsp3) is 0.500. The summed E-state index contributed by atoms with van der Waals surface area (Å²) in [4.78, 5) is 13.1. The minimum Gasteiger partial charge on any atom is -0.494 e. The Morgan fingerprint density at radius 3 is 2.79 bits per heavy atom. The molecule has 2 rings (SSSR count). The summed E-state index contributed by atoms with van der Waals surface area (Å²) < 4.78 is 18.6. The SMILES string of the molecule is COc1ccc(C2CCN(C(C)=O)CC2N)cc1F. The zero-order valence-electron chi connectivity index (χ0n) is 11.2. The van der Waals surface area contributed by atoms with E-state index in [2.05, 4.69) is 0 Å². The van der Waals surface area contributed by atoms with Crippen molar-refractivity contribution in [2.24, 2.45) is 5.73 Å². The number of likely N-dealkylation sites (tertiary alicyclic amines) is 1. The third-order valence-electron chi connectivity index (χ3n) is 3.71. The van der Waals surface area contributed by atoms with Crippen molar-refractivity contribution >= 4 is 5.91 Å². The number of benzene rings is 1. The van der Waals surface area contributed by atoms with Crippen molar-refractivity contribution in [2.75, 3.05) is 20.2 Å². The van der Waals surface area contributed by atoms with Gasteiger partial charge in [0.15, 0.2) is 11.6 Å². The highest BCUT2D eigenvalue weighted by atomic mass is 19.1. The molecule has 4 nitrogen and oxygen atoms in total. The van der Waals surface area contributed by atoms with Gasteiger partial charge in [0.1, 0.15) is 0 Å². The van der Waals surface area contributed by atoms with Crippen molar-refractivity contribution in [1.29, 1.82) is 0 Å². The van der Waals surface area contributed by atoms with Crippen LogP contribution in [-0.4, -0.2) is 37.0 Å². The lowest BCUT2D eigenvalue weighted by Gasteiger charge is -2.36. The number of hydrogen-bond donors (Lipinski definition) is 1. The third-order valence-corrected chi connectivity index (χ3v) is 3.71. The molecule has 2 unspecified atom stereocenters. The minimum absolute atomic E-state index is 0.0369. The molecule has 2 N–H and O–H groups in total. The van der Waals surface area contributed by atoms with E-state index in [0.717, 1.165) is 12.0 Å². The normalized spacial score (nSPS) is 23.3. The van der Waals surface area contributed by atoms with E-state index < -0.39 is 0 Å². The second kappa shape index (κ2) is 5.57. The summed E-state index contributed by atoms with van der Waals surface area (Å²) in [7, 11) is 1.44. The Labute approximate surface area is 112 Å². The first kappa shape index (κ1) is 13.8. The van der Waals surface area contributed by atoms with Crippen molar-refractivity contribution in [3.8, 4) is 5.75 Å². The van der Waals surface area contributed by atoms with Crippen LogP contribution in [0.5, 0.6) is 5.75 Å². The Bertz CT molecular complexity index is 479. The Hall–Kier alpha value is -1.62. The molecule has 1 aromatic carbocycles. The molecule has 1 aliphatic heterocycles. The molecule has 104 valence electrons. The summed E-state index contributed by atoms with van der Waals surface area (Å²) in [6, 6.07) is 4.78. The molecular formula is C14H19FN2O2. The van der Waals surface area contributed by atoms with E-state index in [4.69, 9.17) is 10.5 Å². The molecule has 0 saturated carbocycles. The number of rotatable bonds is 2. The minimum atomic E-state index is -0.374. The van der Waals surface area contributed by atoms with Crippen molar-refractivity contribution in [1.82, 2.24) is 4.90 Å². The van der Waals surface area contributed by atoms with Crippen LogP contribution in [0.25, 0.3) is 0 Å². The zero-order chi connectivity index (χ0) is 14.0. The van der Waals surface area contributed by atoms with Gasteiger partial charge in [-0.05, 0) is 24.1 Å². The molecule has 5 heteroatoms. The van der Waals surface area contributed by atoms with Crippen LogP contribution >= 0.6 is 0 Å². The van der Waals surface area contributed by atoms with Gasteiger partial charge in [-0.3, -0.25) is 4.79 Å². The smallest absolute Gasteiger partial charge is 0.219 e. The van der Waals surface area contributed by atoms with E-state index >= 15 is 0 Å². The first-order valence-corrected chi connectivity index (χ1v) is 6.37. The number of ether oxygens (including phenoxy) is 1.